The summed E-state index contributed by atoms with van der Waals surface area (Å²) < 4.78 is 16.0. The number of ether oxygens (including phenoxy) is 3. The third kappa shape index (κ3) is 4.32. The van der Waals surface area contributed by atoms with Gasteiger partial charge in [0.2, 0.25) is 0 Å². The number of amides is 2. The van der Waals surface area contributed by atoms with Crippen LogP contribution in [-0.2, 0) is 11.3 Å². The number of methoxy groups -OCH3 is 3. The first-order valence-electron chi connectivity index (χ1n) is 8.37. The van der Waals surface area contributed by atoms with Crippen molar-refractivity contribution in [2.75, 3.05) is 21.3 Å². The Morgan fingerprint density at radius 1 is 1.00 bits per heavy atom. The maximum absolute atomic E-state index is 12.9. The van der Waals surface area contributed by atoms with Crippen LogP contribution in [0.4, 0.5) is 4.79 Å². The molecule has 6 nitrogen and oxygen atoms in total. The summed E-state index contributed by atoms with van der Waals surface area (Å²) in [5, 5.41) is 0.363. The summed E-state index contributed by atoms with van der Waals surface area (Å²) in [7, 11) is 4.52. The molecule has 1 aliphatic rings. The van der Waals surface area contributed by atoms with Gasteiger partial charge in [0.1, 0.15) is 17.2 Å². The van der Waals surface area contributed by atoms with E-state index >= 15 is 0 Å². The number of benzene rings is 2. The van der Waals surface area contributed by atoms with Crippen LogP contribution in [-0.4, -0.2) is 37.4 Å². The largest absolute Gasteiger partial charge is 0.496 e. The van der Waals surface area contributed by atoms with E-state index in [1.165, 1.54) is 21.3 Å². The van der Waals surface area contributed by atoms with E-state index in [9.17, 15) is 9.59 Å². The zero-order valence-corrected chi connectivity index (χ0v) is 18.2. The molecule has 0 bridgehead atoms. The van der Waals surface area contributed by atoms with Gasteiger partial charge in [0, 0.05) is 27.7 Å². The van der Waals surface area contributed by atoms with Crippen molar-refractivity contribution in [2.24, 2.45) is 0 Å². The van der Waals surface area contributed by atoms with Crippen LogP contribution in [0.15, 0.2) is 35.2 Å². The lowest BCUT2D eigenvalue weighted by Gasteiger charge is -2.15. The summed E-state index contributed by atoms with van der Waals surface area (Å²) in [6.45, 7) is -0.0165. The summed E-state index contributed by atoms with van der Waals surface area (Å²) in [6.07, 6.45) is 1.57. The van der Waals surface area contributed by atoms with Crippen LogP contribution in [0.25, 0.3) is 6.08 Å². The molecule has 0 unspecified atom stereocenters. The molecule has 1 fully saturated rings. The number of rotatable bonds is 6. The fraction of sp³-hybridized carbons (Fsp3) is 0.200. The molecule has 9 heteroatoms. The standard InChI is InChI=1S/C20H17Cl2NO5S/c1-26-11-7-16(27-2)12(17(8-11)28-3)9-18-19(24)23(20(25)29-18)10-13-14(21)5-4-6-15(13)22/h4-9H,10H2,1-3H3. The van der Waals surface area contributed by atoms with Crippen LogP contribution >= 0.6 is 35.0 Å². The van der Waals surface area contributed by atoms with Crippen LogP contribution in [0.1, 0.15) is 11.1 Å². The van der Waals surface area contributed by atoms with Gasteiger partial charge in [-0.05, 0) is 30.0 Å². The number of hydrogen-bond acceptors (Lipinski definition) is 6. The van der Waals surface area contributed by atoms with Crippen molar-refractivity contribution in [3.8, 4) is 17.2 Å². The van der Waals surface area contributed by atoms with Crippen molar-refractivity contribution in [3.63, 3.8) is 0 Å². The number of imide groups is 1. The normalized spacial score (nSPS) is 15.2. The van der Waals surface area contributed by atoms with Crippen LogP contribution in [0, 0.1) is 0 Å². The Labute approximate surface area is 182 Å². The zero-order chi connectivity index (χ0) is 21.1. The molecule has 1 heterocycles. The average molecular weight is 454 g/mol. The zero-order valence-electron chi connectivity index (χ0n) is 15.8. The van der Waals surface area contributed by atoms with Gasteiger partial charge < -0.3 is 14.2 Å². The first kappa shape index (κ1) is 21.4. The third-order valence-electron chi connectivity index (χ3n) is 4.28. The summed E-state index contributed by atoms with van der Waals surface area (Å²) in [6, 6.07) is 8.35. The minimum Gasteiger partial charge on any atom is -0.496 e. The molecule has 0 N–H and O–H groups in total. The summed E-state index contributed by atoms with van der Waals surface area (Å²) in [5.74, 6) is 0.984. The highest BCUT2D eigenvalue weighted by Crippen LogP contribution is 2.40. The molecular weight excluding hydrogens is 437 g/mol. The second-order valence-electron chi connectivity index (χ2n) is 5.91. The number of carbonyl (C=O) groups excluding carboxylic acids is 2. The summed E-state index contributed by atoms with van der Waals surface area (Å²) in [5.41, 5.74) is 1.04. The molecule has 0 aliphatic carbocycles. The molecule has 2 aromatic carbocycles. The fourth-order valence-corrected chi connectivity index (χ4v) is 4.12. The van der Waals surface area contributed by atoms with Gasteiger partial charge in [-0.2, -0.15) is 0 Å². The monoisotopic (exact) mass is 453 g/mol. The van der Waals surface area contributed by atoms with E-state index in [-0.39, 0.29) is 11.4 Å². The Morgan fingerprint density at radius 2 is 1.59 bits per heavy atom. The lowest BCUT2D eigenvalue weighted by Crippen LogP contribution is -2.27. The van der Waals surface area contributed by atoms with Crippen molar-refractivity contribution in [3.05, 3.63) is 56.4 Å². The SMILES string of the molecule is COc1cc(OC)c(C=C2SC(=O)N(Cc3c(Cl)cccc3Cl)C2=O)c(OC)c1. The Hall–Kier alpha value is -2.35. The molecule has 0 radical (unpaired) electrons. The second-order valence-corrected chi connectivity index (χ2v) is 7.72. The Bertz CT molecular complexity index is 963. The van der Waals surface area contributed by atoms with Gasteiger partial charge in [-0.15, -0.1) is 0 Å². The average Bonchev–Trinajstić information content (AvgIpc) is 2.97. The number of carbonyl (C=O) groups is 2. The van der Waals surface area contributed by atoms with Crippen molar-refractivity contribution in [1.82, 2.24) is 4.90 Å². The van der Waals surface area contributed by atoms with E-state index in [4.69, 9.17) is 37.4 Å². The van der Waals surface area contributed by atoms with Gasteiger partial charge in [0.15, 0.2) is 0 Å². The molecule has 1 saturated heterocycles. The van der Waals surface area contributed by atoms with Gasteiger partial charge >= 0.3 is 0 Å². The topological polar surface area (TPSA) is 65.1 Å². The molecule has 2 amide bonds. The second kappa shape index (κ2) is 8.98. The lowest BCUT2D eigenvalue weighted by atomic mass is 10.1. The summed E-state index contributed by atoms with van der Waals surface area (Å²) >= 11 is 13.2. The van der Waals surface area contributed by atoms with Crippen molar-refractivity contribution in [2.45, 2.75) is 6.54 Å². The quantitative estimate of drug-likeness (QED) is 0.556. The number of thioether (sulfide) groups is 1. The predicted octanol–water partition coefficient (Wildman–Crippen LogP) is 5.26. The van der Waals surface area contributed by atoms with Gasteiger partial charge in [-0.25, -0.2) is 0 Å². The number of nitrogens with zero attached hydrogens (tertiary/aromatic N) is 1. The maximum atomic E-state index is 12.9. The minimum atomic E-state index is -0.448. The maximum Gasteiger partial charge on any atom is 0.293 e. The molecule has 0 aromatic heterocycles. The Balaban J connectivity index is 1.97. The van der Waals surface area contributed by atoms with E-state index in [1.54, 1.807) is 36.4 Å². The van der Waals surface area contributed by atoms with E-state index in [0.717, 1.165) is 16.7 Å². The van der Waals surface area contributed by atoms with Crippen LogP contribution < -0.4 is 14.2 Å². The van der Waals surface area contributed by atoms with Gasteiger partial charge in [-0.3, -0.25) is 14.5 Å². The fourth-order valence-electron chi connectivity index (χ4n) is 2.78. The highest BCUT2D eigenvalue weighted by Gasteiger charge is 2.36. The first-order valence-corrected chi connectivity index (χ1v) is 9.95. The van der Waals surface area contributed by atoms with Crippen molar-refractivity contribution < 1.29 is 23.8 Å². The molecule has 1 aliphatic heterocycles. The van der Waals surface area contributed by atoms with Crippen LogP contribution in [0.5, 0.6) is 17.2 Å². The first-order chi connectivity index (χ1) is 13.9. The van der Waals surface area contributed by atoms with Gasteiger partial charge in [-0.1, -0.05) is 29.3 Å². The van der Waals surface area contributed by atoms with Crippen LogP contribution in [0.2, 0.25) is 10.0 Å². The molecule has 152 valence electrons. The van der Waals surface area contributed by atoms with Crippen molar-refractivity contribution >= 4 is 52.2 Å². The molecule has 0 spiro atoms. The highest BCUT2D eigenvalue weighted by atomic mass is 35.5. The molecule has 2 aromatic rings. The smallest absolute Gasteiger partial charge is 0.293 e. The van der Waals surface area contributed by atoms with E-state index < -0.39 is 11.1 Å². The third-order valence-corrected chi connectivity index (χ3v) is 5.90. The molecule has 29 heavy (non-hydrogen) atoms. The highest BCUT2D eigenvalue weighted by molar-refractivity contribution is 8.18. The number of hydrogen-bond donors (Lipinski definition) is 0. The van der Waals surface area contributed by atoms with E-state index in [1.807, 2.05) is 0 Å². The van der Waals surface area contributed by atoms with Crippen molar-refractivity contribution in [1.29, 1.82) is 0 Å². The van der Waals surface area contributed by atoms with E-state index in [2.05, 4.69) is 0 Å². The number of halogens is 2. The summed E-state index contributed by atoms with van der Waals surface area (Å²) in [4.78, 5) is 26.7. The van der Waals surface area contributed by atoms with Gasteiger partial charge in [0.05, 0.1) is 38.3 Å². The van der Waals surface area contributed by atoms with Gasteiger partial charge in [0.25, 0.3) is 11.1 Å². The molecular formula is C20H17Cl2NO5S. The lowest BCUT2D eigenvalue weighted by molar-refractivity contribution is -0.123. The Morgan fingerprint density at radius 3 is 2.10 bits per heavy atom. The predicted molar refractivity (Wildman–Crippen MR) is 114 cm³/mol. The van der Waals surface area contributed by atoms with Crippen LogP contribution in [0.3, 0.4) is 0 Å². The molecule has 0 saturated carbocycles. The molecule has 0 atom stereocenters. The molecule has 3 rings (SSSR count). The Kier molecular flexibility index (Phi) is 6.62. The minimum absolute atomic E-state index is 0.0165. The van der Waals surface area contributed by atoms with E-state index in [0.29, 0.717) is 38.4 Å².